The van der Waals surface area contributed by atoms with E-state index in [1.165, 1.54) is 7.11 Å². The molecule has 1 N–H and O–H groups in total. The van der Waals surface area contributed by atoms with Gasteiger partial charge in [-0.1, -0.05) is 0 Å². The predicted molar refractivity (Wildman–Crippen MR) is 59.6 cm³/mol. The van der Waals surface area contributed by atoms with Crippen molar-refractivity contribution >= 4 is 11.0 Å². The van der Waals surface area contributed by atoms with Crippen molar-refractivity contribution < 1.29 is 17.9 Å². The van der Waals surface area contributed by atoms with E-state index < -0.39 is 11.6 Å². The largest absolute Gasteiger partial charge is 0.456 e. The number of furan rings is 1. The zero-order valence-corrected chi connectivity index (χ0v) is 9.64. The van der Waals surface area contributed by atoms with Gasteiger partial charge in [-0.05, 0) is 19.2 Å². The smallest absolute Gasteiger partial charge is 0.173 e. The van der Waals surface area contributed by atoms with Crippen molar-refractivity contribution in [1.29, 1.82) is 0 Å². The van der Waals surface area contributed by atoms with Crippen LogP contribution in [0, 0.1) is 11.6 Å². The van der Waals surface area contributed by atoms with Crippen LogP contribution >= 0.6 is 0 Å². The molecule has 1 aromatic heterocycles. The zero-order chi connectivity index (χ0) is 12.4. The van der Waals surface area contributed by atoms with Crippen LogP contribution in [-0.2, 0) is 17.9 Å². The molecule has 0 unspecified atom stereocenters. The third kappa shape index (κ3) is 2.03. The molecule has 0 atom stereocenters. The number of hydrogen-bond acceptors (Lipinski definition) is 3. The Morgan fingerprint density at radius 2 is 2.00 bits per heavy atom. The zero-order valence-electron chi connectivity index (χ0n) is 9.64. The maximum Gasteiger partial charge on any atom is 0.173 e. The molecule has 2 rings (SSSR count). The number of ether oxygens (including phenoxy) is 1. The molecule has 2 aromatic rings. The highest BCUT2D eigenvalue weighted by Crippen LogP contribution is 2.30. The Kier molecular flexibility index (Phi) is 3.40. The van der Waals surface area contributed by atoms with Gasteiger partial charge in [0, 0.05) is 12.7 Å². The summed E-state index contributed by atoms with van der Waals surface area (Å²) in [5.74, 6) is -0.575. The molecule has 92 valence electrons. The Labute approximate surface area is 97.4 Å². The van der Waals surface area contributed by atoms with Crippen LogP contribution in [0.1, 0.15) is 11.3 Å². The second kappa shape index (κ2) is 4.81. The van der Waals surface area contributed by atoms with Crippen molar-refractivity contribution in [2.45, 2.75) is 13.2 Å². The van der Waals surface area contributed by atoms with Crippen LogP contribution in [0.5, 0.6) is 0 Å². The van der Waals surface area contributed by atoms with Crippen molar-refractivity contribution in [3.63, 3.8) is 0 Å². The number of methoxy groups -OCH3 is 1. The summed E-state index contributed by atoms with van der Waals surface area (Å²) < 4.78 is 37.6. The van der Waals surface area contributed by atoms with E-state index in [0.29, 0.717) is 17.9 Å². The molecule has 1 heterocycles. The second-order valence-electron chi connectivity index (χ2n) is 3.70. The molecule has 0 radical (unpaired) electrons. The molecular formula is C12H13F2NO2. The third-order valence-corrected chi connectivity index (χ3v) is 2.55. The van der Waals surface area contributed by atoms with Crippen molar-refractivity contribution in [2.75, 3.05) is 14.2 Å². The number of hydrogen-bond donors (Lipinski definition) is 1. The average molecular weight is 241 g/mol. The summed E-state index contributed by atoms with van der Waals surface area (Å²) in [7, 11) is 3.23. The molecule has 0 spiro atoms. The standard InChI is InChI=1S/C12H13F2NO2/c1-15-5-10-7(6-16-2)11-8(13)3-4-9(14)12(11)17-10/h3-4,15H,5-6H2,1-2H3. The van der Waals surface area contributed by atoms with Crippen LogP contribution in [0.2, 0.25) is 0 Å². The van der Waals surface area contributed by atoms with Gasteiger partial charge in [0.2, 0.25) is 0 Å². The summed E-state index contributed by atoms with van der Waals surface area (Å²) in [5, 5.41) is 3.05. The molecule has 0 bridgehead atoms. The van der Waals surface area contributed by atoms with Gasteiger partial charge in [-0.3, -0.25) is 0 Å². The monoisotopic (exact) mass is 241 g/mol. The van der Waals surface area contributed by atoms with Crippen LogP contribution < -0.4 is 5.32 Å². The fourth-order valence-electron chi connectivity index (χ4n) is 1.84. The second-order valence-corrected chi connectivity index (χ2v) is 3.70. The molecule has 5 heteroatoms. The average Bonchev–Trinajstić information content (AvgIpc) is 2.66. The molecule has 0 fully saturated rings. The Morgan fingerprint density at radius 1 is 1.29 bits per heavy atom. The van der Waals surface area contributed by atoms with Gasteiger partial charge in [-0.25, -0.2) is 8.78 Å². The van der Waals surface area contributed by atoms with E-state index in [-0.39, 0.29) is 17.6 Å². The van der Waals surface area contributed by atoms with Gasteiger partial charge < -0.3 is 14.5 Å². The van der Waals surface area contributed by atoms with E-state index in [9.17, 15) is 8.78 Å². The van der Waals surface area contributed by atoms with Crippen LogP contribution in [0.15, 0.2) is 16.5 Å². The summed E-state index contributed by atoms with van der Waals surface area (Å²) in [6.07, 6.45) is 0. The lowest BCUT2D eigenvalue weighted by Crippen LogP contribution is -2.06. The molecule has 0 amide bonds. The number of nitrogens with one attached hydrogen (secondary N) is 1. The van der Waals surface area contributed by atoms with E-state index in [1.54, 1.807) is 7.05 Å². The summed E-state index contributed by atoms with van der Waals surface area (Å²) in [5.41, 5.74) is 0.496. The van der Waals surface area contributed by atoms with E-state index in [4.69, 9.17) is 9.15 Å². The van der Waals surface area contributed by atoms with Crippen LogP contribution in [0.4, 0.5) is 8.78 Å². The first-order valence-electron chi connectivity index (χ1n) is 5.20. The maximum atomic E-state index is 13.7. The van der Waals surface area contributed by atoms with Gasteiger partial charge in [0.1, 0.15) is 11.6 Å². The molecule has 17 heavy (non-hydrogen) atoms. The summed E-state index contributed by atoms with van der Waals surface area (Å²) >= 11 is 0. The van der Waals surface area contributed by atoms with Gasteiger partial charge in [-0.2, -0.15) is 0 Å². The van der Waals surface area contributed by atoms with Crippen molar-refractivity contribution in [2.24, 2.45) is 0 Å². The minimum atomic E-state index is -0.568. The normalized spacial score (nSPS) is 11.3. The van der Waals surface area contributed by atoms with Crippen molar-refractivity contribution in [3.05, 3.63) is 35.1 Å². The number of fused-ring (bicyclic) bond motifs is 1. The first-order valence-corrected chi connectivity index (χ1v) is 5.20. The van der Waals surface area contributed by atoms with Crippen molar-refractivity contribution in [3.8, 4) is 0 Å². The molecule has 0 saturated carbocycles. The highest BCUT2D eigenvalue weighted by atomic mass is 19.1. The summed E-state index contributed by atoms with van der Waals surface area (Å²) in [4.78, 5) is 0. The van der Waals surface area contributed by atoms with E-state index in [2.05, 4.69) is 5.32 Å². The fraction of sp³-hybridized carbons (Fsp3) is 0.333. The first-order chi connectivity index (χ1) is 8.19. The van der Waals surface area contributed by atoms with Crippen molar-refractivity contribution in [1.82, 2.24) is 5.32 Å². The van der Waals surface area contributed by atoms with Gasteiger partial charge in [0.15, 0.2) is 11.4 Å². The highest BCUT2D eigenvalue weighted by molar-refractivity contribution is 5.83. The summed E-state index contributed by atoms with van der Waals surface area (Å²) in [6, 6.07) is 2.15. The first kappa shape index (κ1) is 12.0. The Morgan fingerprint density at radius 3 is 2.65 bits per heavy atom. The van der Waals surface area contributed by atoms with Gasteiger partial charge in [0.05, 0.1) is 18.5 Å². The lowest BCUT2D eigenvalue weighted by Gasteiger charge is -2.01. The number of benzene rings is 1. The lowest BCUT2D eigenvalue weighted by atomic mass is 10.1. The molecule has 1 aromatic carbocycles. The fourth-order valence-corrected chi connectivity index (χ4v) is 1.84. The quantitative estimate of drug-likeness (QED) is 0.893. The van der Waals surface area contributed by atoms with E-state index in [0.717, 1.165) is 12.1 Å². The Balaban J connectivity index is 2.70. The molecule has 0 saturated heterocycles. The summed E-state index contributed by atoms with van der Waals surface area (Å²) in [6.45, 7) is 0.580. The lowest BCUT2D eigenvalue weighted by molar-refractivity contribution is 0.183. The van der Waals surface area contributed by atoms with Crippen LogP contribution in [0.3, 0.4) is 0 Å². The van der Waals surface area contributed by atoms with Gasteiger partial charge in [-0.15, -0.1) is 0 Å². The minimum Gasteiger partial charge on any atom is -0.456 e. The Hall–Kier alpha value is -1.46. The predicted octanol–water partition coefficient (Wildman–Crippen LogP) is 2.58. The van der Waals surface area contributed by atoms with Crippen LogP contribution in [0.25, 0.3) is 11.0 Å². The van der Waals surface area contributed by atoms with E-state index >= 15 is 0 Å². The minimum absolute atomic E-state index is 0.0534. The molecule has 0 aliphatic heterocycles. The topological polar surface area (TPSA) is 34.4 Å². The molecular weight excluding hydrogens is 228 g/mol. The maximum absolute atomic E-state index is 13.7. The van der Waals surface area contributed by atoms with Gasteiger partial charge in [0.25, 0.3) is 0 Å². The van der Waals surface area contributed by atoms with Gasteiger partial charge >= 0.3 is 0 Å². The Bertz CT molecular complexity index is 537. The SMILES string of the molecule is CNCc1oc2c(F)ccc(F)c2c1COC. The number of rotatable bonds is 4. The van der Waals surface area contributed by atoms with Crippen LogP contribution in [-0.4, -0.2) is 14.2 Å². The molecule has 0 aliphatic rings. The third-order valence-electron chi connectivity index (χ3n) is 2.55. The molecule has 0 aliphatic carbocycles. The number of halogens is 2. The van der Waals surface area contributed by atoms with E-state index in [1.807, 2.05) is 0 Å². The highest BCUT2D eigenvalue weighted by Gasteiger charge is 2.19. The molecule has 3 nitrogen and oxygen atoms in total.